The Morgan fingerprint density at radius 2 is 1.79 bits per heavy atom. The molecule has 2 aromatic rings. The van der Waals surface area contributed by atoms with Gasteiger partial charge in [-0.1, -0.05) is 23.4 Å². The van der Waals surface area contributed by atoms with Gasteiger partial charge in [-0.25, -0.2) is 0 Å². The molecule has 2 saturated heterocycles. The predicted octanol–water partition coefficient (Wildman–Crippen LogP) is 2.98. The Kier molecular flexibility index (Phi) is 4.81. The molecule has 1 aliphatic carbocycles. The summed E-state index contributed by atoms with van der Waals surface area (Å²) >= 11 is 0. The van der Waals surface area contributed by atoms with E-state index in [1.165, 1.54) is 12.1 Å². The van der Waals surface area contributed by atoms with Crippen LogP contribution in [0.5, 0.6) is 0 Å². The Bertz CT molecular complexity index is 809. The zero-order valence-electron chi connectivity index (χ0n) is 16.3. The van der Waals surface area contributed by atoms with E-state index in [-0.39, 0.29) is 5.91 Å². The van der Waals surface area contributed by atoms with Crippen molar-refractivity contribution in [2.75, 3.05) is 44.2 Å². The number of hydrogen-bond acceptors (Lipinski definition) is 5. The Balaban J connectivity index is 1.18. The normalized spacial score (nSPS) is 23.8. The fourth-order valence-electron chi connectivity index (χ4n) is 4.53. The van der Waals surface area contributed by atoms with Crippen molar-refractivity contribution in [1.29, 1.82) is 0 Å². The molecule has 1 aromatic heterocycles. The highest BCUT2D eigenvalue weighted by molar-refractivity contribution is 5.92. The van der Waals surface area contributed by atoms with Crippen molar-refractivity contribution in [3.63, 3.8) is 0 Å². The molecule has 1 unspecified atom stereocenters. The van der Waals surface area contributed by atoms with E-state index in [9.17, 15) is 4.79 Å². The van der Waals surface area contributed by atoms with Gasteiger partial charge in [-0.3, -0.25) is 9.69 Å². The molecular weight excluding hydrogens is 352 g/mol. The fourth-order valence-corrected chi connectivity index (χ4v) is 4.53. The third kappa shape index (κ3) is 3.65. The van der Waals surface area contributed by atoms with Crippen LogP contribution in [0.2, 0.25) is 0 Å². The Labute approximate surface area is 166 Å². The van der Waals surface area contributed by atoms with Gasteiger partial charge >= 0.3 is 0 Å². The van der Waals surface area contributed by atoms with E-state index in [0.717, 1.165) is 64.3 Å². The van der Waals surface area contributed by atoms with Crippen LogP contribution in [0.3, 0.4) is 0 Å². The van der Waals surface area contributed by atoms with Crippen LogP contribution in [0.1, 0.15) is 47.8 Å². The Hall–Kier alpha value is -2.34. The van der Waals surface area contributed by atoms with Crippen molar-refractivity contribution in [3.05, 3.63) is 47.9 Å². The van der Waals surface area contributed by atoms with E-state index in [1.54, 1.807) is 0 Å². The maximum absolute atomic E-state index is 12.9. The summed E-state index contributed by atoms with van der Waals surface area (Å²) in [5.41, 5.74) is 1.79. The van der Waals surface area contributed by atoms with Crippen LogP contribution >= 0.6 is 0 Å². The zero-order chi connectivity index (χ0) is 18.9. The number of amides is 1. The zero-order valence-corrected chi connectivity index (χ0v) is 16.3. The van der Waals surface area contributed by atoms with Crippen molar-refractivity contribution in [3.8, 4) is 0 Å². The fraction of sp³-hybridized carbons (Fsp3) is 0.545. The molecule has 3 heterocycles. The average Bonchev–Trinajstić information content (AvgIpc) is 3.51. The molecule has 3 fully saturated rings. The van der Waals surface area contributed by atoms with Crippen molar-refractivity contribution < 1.29 is 9.32 Å². The largest absolute Gasteiger partial charge is 0.369 e. The number of aromatic nitrogens is 1. The average molecular weight is 380 g/mol. The Morgan fingerprint density at radius 1 is 1.00 bits per heavy atom. The van der Waals surface area contributed by atoms with Crippen LogP contribution in [0.4, 0.5) is 5.69 Å². The summed E-state index contributed by atoms with van der Waals surface area (Å²) in [6.07, 6.45) is 4.54. The molecule has 148 valence electrons. The van der Waals surface area contributed by atoms with E-state index in [0.29, 0.717) is 17.7 Å². The van der Waals surface area contributed by atoms with Gasteiger partial charge in [0.25, 0.3) is 5.91 Å². The second kappa shape index (κ2) is 7.59. The molecule has 0 radical (unpaired) electrons. The topological polar surface area (TPSA) is 52.8 Å². The second-order valence-electron chi connectivity index (χ2n) is 8.29. The lowest BCUT2D eigenvalue weighted by molar-refractivity contribution is 0.0554. The van der Waals surface area contributed by atoms with Gasteiger partial charge in [0, 0.05) is 63.0 Å². The molecule has 28 heavy (non-hydrogen) atoms. The van der Waals surface area contributed by atoms with Gasteiger partial charge in [-0.15, -0.1) is 0 Å². The molecule has 5 rings (SSSR count). The summed E-state index contributed by atoms with van der Waals surface area (Å²) in [7, 11) is 0. The summed E-state index contributed by atoms with van der Waals surface area (Å²) in [4.78, 5) is 19.9. The molecule has 1 amide bonds. The van der Waals surface area contributed by atoms with Gasteiger partial charge in [0.1, 0.15) is 5.76 Å². The third-order valence-electron chi connectivity index (χ3n) is 6.36. The van der Waals surface area contributed by atoms with E-state index in [1.807, 2.05) is 11.0 Å². The minimum absolute atomic E-state index is 0.0308. The van der Waals surface area contributed by atoms with Gasteiger partial charge < -0.3 is 14.3 Å². The molecule has 1 atom stereocenters. The molecule has 6 nitrogen and oxygen atoms in total. The number of anilines is 1. The van der Waals surface area contributed by atoms with Gasteiger partial charge in [0.05, 0.1) is 0 Å². The summed E-state index contributed by atoms with van der Waals surface area (Å²) in [6, 6.07) is 13.0. The highest BCUT2D eigenvalue weighted by Crippen LogP contribution is 2.40. The monoisotopic (exact) mass is 380 g/mol. The van der Waals surface area contributed by atoms with Crippen molar-refractivity contribution in [1.82, 2.24) is 15.0 Å². The first kappa shape index (κ1) is 17.7. The summed E-state index contributed by atoms with van der Waals surface area (Å²) in [5.74, 6) is 1.40. The van der Waals surface area contributed by atoms with Crippen LogP contribution < -0.4 is 4.90 Å². The smallest absolute Gasteiger partial charge is 0.276 e. The maximum atomic E-state index is 12.9. The minimum Gasteiger partial charge on any atom is -0.369 e. The number of benzene rings is 1. The maximum Gasteiger partial charge on any atom is 0.276 e. The molecule has 0 spiro atoms. The second-order valence-corrected chi connectivity index (χ2v) is 8.29. The summed E-state index contributed by atoms with van der Waals surface area (Å²) in [6.45, 7) is 5.82. The number of piperidine rings is 1. The first-order chi connectivity index (χ1) is 13.8. The number of hydrogen-bond donors (Lipinski definition) is 0. The van der Waals surface area contributed by atoms with Gasteiger partial charge in [-0.05, 0) is 37.8 Å². The molecule has 6 heteroatoms. The Morgan fingerprint density at radius 3 is 2.54 bits per heavy atom. The lowest BCUT2D eigenvalue weighted by atomic mass is 10.0. The number of rotatable bonds is 4. The highest BCUT2D eigenvalue weighted by atomic mass is 16.5. The number of para-hydroxylation sites is 1. The molecule has 0 bridgehead atoms. The number of likely N-dealkylation sites (tertiary alicyclic amines) is 1. The first-order valence-electron chi connectivity index (χ1n) is 10.6. The lowest BCUT2D eigenvalue weighted by Gasteiger charge is -2.43. The number of carbonyl (C=O) groups excluding carboxylic acids is 1. The molecule has 2 aliphatic heterocycles. The van der Waals surface area contributed by atoms with Crippen LogP contribution in [0.15, 0.2) is 40.9 Å². The number of carbonyl (C=O) groups is 1. The van der Waals surface area contributed by atoms with E-state index < -0.39 is 0 Å². The number of nitrogens with zero attached hydrogens (tertiary/aromatic N) is 4. The molecule has 0 N–H and O–H groups in total. The number of piperazine rings is 1. The lowest BCUT2D eigenvalue weighted by Crippen LogP contribution is -2.55. The standard InChI is InChI=1S/C22H28N4O2/c27-22(20-15-21(28-23-20)17-8-9-17)26-10-4-7-19(16-26)25-13-11-24(12-14-25)18-5-2-1-3-6-18/h1-3,5-6,15,17,19H,4,7-14,16H2. The van der Waals surface area contributed by atoms with Crippen molar-refractivity contribution in [2.24, 2.45) is 0 Å². The quantitative estimate of drug-likeness (QED) is 0.816. The van der Waals surface area contributed by atoms with E-state index in [4.69, 9.17) is 4.52 Å². The predicted molar refractivity (Wildman–Crippen MR) is 108 cm³/mol. The van der Waals surface area contributed by atoms with Crippen LogP contribution in [-0.4, -0.2) is 66.2 Å². The minimum atomic E-state index is 0.0308. The van der Waals surface area contributed by atoms with Gasteiger partial charge in [0.15, 0.2) is 5.69 Å². The molecule has 3 aliphatic rings. The highest BCUT2D eigenvalue weighted by Gasteiger charge is 2.33. The summed E-state index contributed by atoms with van der Waals surface area (Å²) in [5, 5.41) is 4.05. The van der Waals surface area contributed by atoms with Crippen molar-refractivity contribution >= 4 is 11.6 Å². The first-order valence-corrected chi connectivity index (χ1v) is 10.6. The molecule has 1 aromatic carbocycles. The molecular formula is C22H28N4O2. The summed E-state index contributed by atoms with van der Waals surface area (Å²) < 4.78 is 5.38. The van der Waals surface area contributed by atoms with Crippen molar-refractivity contribution in [2.45, 2.75) is 37.6 Å². The van der Waals surface area contributed by atoms with Crippen LogP contribution in [-0.2, 0) is 0 Å². The van der Waals surface area contributed by atoms with Crippen LogP contribution in [0.25, 0.3) is 0 Å². The van der Waals surface area contributed by atoms with E-state index >= 15 is 0 Å². The van der Waals surface area contributed by atoms with E-state index in [2.05, 4.69) is 45.3 Å². The van der Waals surface area contributed by atoms with Crippen LogP contribution in [0, 0.1) is 0 Å². The van der Waals surface area contributed by atoms with Gasteiger partial charge in [-0.2, -0.15) is 0 Å². The van der Waals surface area contributed by atoms with Gasteiger partial charge in [0.2, 0.25) is 0 Å². The SMILES string of the molecule is O=C(c1cc(C2CC2)on1)N1CCCC(N2CCN(c3ccccc3)CC2)C1. The third-order valence-corrected chi connectivity index (χ3v) is 6.36. The molecule has 1 saturated carbocycles.